The van der Waals surface area contributed by atoms with E-state index in [0.29, 0.717) is 30.0 Å². The minimum atomic E-state index is 0.387. The van der Waals surface area contributed by atoms with Gasteiger partial charge in [0, 0.05) is 29.2 Å². The fourth-order valence-electron chi connectivity index (χ4n) is 1.66. The van der Waals surface area contributed by atoms with Gasteiger partial charge in [-0.2, -0.15) is 0 Å². The number of hydrogen-bond donors (Lipinski definition) is 1. The molecule has 0 spiro atoms. The van der Waals surface area contributed by atoms with Crippen LogP contribution in [0.2, 0.25) is 5.02 Å². The van der Waals surface area contributed by atoms with Crippen molar-refractivity contribution in [3.8, 4) is 11.5 Å². The van der Waals surface area contributed by atoms with E-state index in [-0.39, 0.29) is 0 Å². The normalized spacial score (nSPS) is 10.7. The highest BCUT2D eigenvalue weighted by atomic mass is 35.5. The summed E-state index contributed by atoms with van der Waals surface area (Å²) in [5.41, 5.74) is 2.04. The third kappa shape index (κ3) is 5.06. The van der Waals surface area contributed by atoms with E-state index in [1.54, 1.807) is 13.2 Å². The lowest BCUT2D eigenvalue weighted by Gasteiger charge is -2.17. The number of ether oxygens (including phenoxy) is 2. The molecule has 20 heavy (non-hydrogen) atoms. The van der Waals surface area contributed by atoms with Gasteiger partial charge in [-0.05, 0) is 18.1 Å². The van der Waals surface area contributed by atoms with Crippen molar-refractivity contribution < 1.29 is 9.47 Å². The number of methoxy groups -OCH3 is 1. The quantitative estimate of drug-likeness (QED) is 0.730. The van der Waals surface area contributed by atoms with Crippen LogP contribution in [0.1, 0.15) is 32.8 Å². The molecule has 3 nitrogen and oxygen atoms in total. The van der Waals surface area contributed by atoms with Gasteiger partial charge in [-0.25, -0.2) is 0 Å². The van der Waals surface area contributed by atoms with Gasteiger partial charge in [0.1, 0.15) is 6.61 Å². The van der Waals surface area contributed by atoms with Crippen molar-refractivity contribution in [2.75, 3.05) is 13.7 Å². The SMILES string of the molecule is C=C(CC)COc1c(CNC(C)C)cc(Cl)cc1OC. The first-order chi connectivity index (χ1) is 9.47. The highest BCUT2D eigenvalue weighted by molar-refractivity contribution is 6.30. The summed E-state index contributed by atoms with van der Waals surface area (Å²) >= 11 is 6.13. The van der Waals surface area contributed by atoms with Crippen LogP contribution in [0.25, 0.3) is 0 Å². The molecule has 4 heteroatoms. The van der Waals surface area contributed by atoms with Gasteiger partial charge in [0.15, 0.2) is 11.5 Å². The van der Waals surface area contributed by atoms with Crippen LogP contribution >= 0.6 is 11.6 Å². The summed E-state index contributed by atoms with van der Waals surface area (Å²) in [7, 11) is 1.62. The van der Waals surface area contributed by atoms with Crippen molar-refractivity contribution in [3.63, 3.8) is 0 Å². The molecule has 0 saturated carbocycles. The van der Waals surface area contributed by atoms with Gasteiger partial charge in [0.25, 0.3) is 0 Å². The van der Waals surface area contributed by atoms with Gasteiger partial charge in [0.2, 0.25) is 0 Å². The Balaban J connectivity index is 2.98. The zero-order valence-corrected chi connectivity index (χ0v) is 13.5. The van der Waals surface area contributed by atoms with Crippen LogP contribution in [0.5, 0.6) is 11.5 Å². The summed E-state index contributed by atoms with van der Waals surface area (Å²) in [6.07, 6.45) is 0.898. The number of halogens is 1. The van der Waals surface area contributed by atoms with E-state index in [4.69, 9.17) is 21.1 Å². The summed E-state index contributed by atoms with van der Waals surface area (Å²) in [4.78, 5) is 0. The number of nitrogens with one attached hydrogen (secondary N) is 1. The monoisotopic (exact) mass is 297 g/mol. The van der Waals surface area contributed by atoms with E-state index in [1.165, 1.54) is 0 Å². The molecule has 0 bridgehead atoms. The number of benzene rings is 1. The standard InChI is InChI=1S/C16H24ClNO2/c1-6-12(4)10-20-16-13(9-18-11(2)3)7-14(17)8-15(16)19-5/h7-8,11,18H,4,6,9-10H2,1-3,5H3. The Kier molecular flexibility index (Phi) is 6.89. The average Bonchev–Trinajstić information content (AvgIpc) is 2.42. The van der Waals surface area contributed by atoms with Crippen molar-refractivity contribution in [1.29, 1.82) is 0 Å². The molecule has 0 amide bonds. The largest absolute Gasteiger partial charge is 0.493 e. The molecule has 112 valence electrons. The second-order valence-corrected chi connectivity index (χ2v) is 5.46. The van der Waals surface area contributed by atoms with Crippen LogP contribution < -0.4 is 14.8 Å². The molecule has 0 radical (unpaired) electrons. The predicted octanol–water partition coefficient (Wildman–Crippen LogP) is 4.19. The third-order valence-electron chi connectivity index (χ3n) is 2.94. The Morgan fingerprint density at radius 1 is 1.40 bits per heavy atom. The number of rotatable bonds is 8. The van der Waals surface area contributed by atoms with Gasteiger partial charge >= 0.3 is 0 Å². The van der Waals surface area contributed by atoms with Crippen molar-refractivity contribution in [1.82, 2.24) is 5.32 Å². The molecular weight excluding hydrogens is 274 g/mol. The maximum absolute atomic E-state index is 6.13. The first-order valence-electron chi connectivity index (χ1n) is 6.87. The van der Waals surface area contributed by atoms with Crippen molar-refractivity contribution >= 4 is 11.6 Å². The van der Waals surface area contributed by atoms with Gasteiger partial charge in [-0.3, -0.25) is 0 Å². The molecular formula is C16H24ClNO2. The van der Waals surface area contributed by atoms with E-state index in [0.717, 1.165) is 23.3 Å². The minimum Gasteiger partial charge on any atom is -0.493 e. The van der Waals surface area contributed by atoms with Crippen LogP contribution in [0.3, 0.4) is 0 Å². The average molecular weight is 298 g/mol. The maximum Gasteiger partial charge on any atom is 0.166 e. The molecule has 0 aliphatic carbocycles. The lowest BCUT2D eigenvalue weighted by molar-refractivity contribution is 0.313. The Hall–Kier alpha value is -1.19. The van der Waals surface area contributed by atoms with Gasteiger partial charge in [-0.15, -0.1) is 0 Å². The van der Waals surface area contributed by atoms with E-state index in [1.807, 2.05) is 6.07 Å². The molecule has 0 aliphatic rings. The number of hydrogen-bond acceptors (Lipinski definition) is 3. The second-order valence-electron chi connectivity index (χ2n) is 5.02. The van der Waals surface area contributed by atoms with Crippen LogP contribution in [0.4, 0.5) is 0 Å². The summed E-state index contributed by atoms with van der Waals surface area (Å²) in [5, 5.41) is 4.01. The molecule has 0 saturated heterocycles. The molecule has 0 fully saturated rings. The fourth-order valence-corrected chi connectivity index (χ4v) is 1.89. The molecule has 0 aliphatic heterocycles. The molecule has 0 heterocycles. The van der Waals surface area contributed by atoms with E-state index >= 15 is 0 Å². The minimum absolute atomic E-state index is 0.387. The predicted molar refractivity (Wildman–Crippen MR) is 84.9 cm³/mol. The third-order valence-corrected chi connectivity index (χ3v) is 3.16. The topological polar surface area (TPSA) is 30.5 Å². The highest BCUT2D eigenvalue weighted by Crippen LogP contribution is 2.35. The second kappa shape index (κ2) is 8.18. The van der Waals surface area contributed by atoms with Gasteiger partial charge in [-0.1, -0.05) is 39.0 Å². The van der Waals surface area contributed by atoms with Crippen molar-refractivity contribution in [2.24, 2.45) is 0 Å². The first-order valence-corrected chi connectivity index (χ1v) is 7.25. The summed E-state index contributed by atoms with van der Waals surface area (Å²) in [5.74, 6) is 1.39. The first kappa shape index (κ1) is 16.9. The summed E-state index contributed by atoms with van der Waals surface area (Å²) in [6, 6.07) is 4.06. The Labute approximate surface area is 126 Å². The Morgan fingerprint density at radius 2 is 2.10 bits per heavy atom. The molecule has 1 N–H and O–H groups in total. The lowest BCUT2D eigenvalue weighted by Crippen LogP contribution is -2.22. The fraction of sp³-hybridized carbons (Fsp3) is 0.500. The summed E-state index contributed by atoms with van der Waals surface area (Å²) in [6.45, 7) is 11.4. The van der Waals surface area contributed by atoms with Gasteiger partial charge in [0.05, 0.1) is 7.11 Å². The molecule has 1 aromatic carbocycles. The van der Waals surface area contributed by atoms with Crippen molar-refractivity contribution in [2.45, 2.75) is 39.8 Å². The molecule has 0 unspecified atom stereocenters. The van der Waals surface area contributed by atoms with E-state index in [2.05, 4.69) is 32.7 Å². The smallest absolute Gasteiger partial charge is 0.166 e. The molecule has 0 aromatic heterocycles. The van der Waals surface area contributed by atoms with Crippen molar-refractivity contribution in [3.05, 3.63) is 34.9 Å². The lowest BCUT2D eigenvalue weighted by atomic mass is 10.1. The van der Waals surface area contributed by atoms with Crippen LogP contribution in [0.15, 0.2) is 24.3 Å². The summed E-state index contributed by atoms with van der Waals surface area (Å²) < 4.78 is 11.2. The van der Waals surface area contributed by atoms with Crippen LogP contribution in [-0.4, -0.2) is 19.8 Å². The Morgan fingerprint density at radius 3 is 2.65 bits per heavy atom. The highest BCUT2D eigenvalue weighted by Gasteiger charge is 2.13. The maximum atomic E-state index is 6.13. The molecule has 1 aromatic rings. The van der Waals surface area contributed by atoms with Crippen LogP contribution in [-0.2, 0) is 6.54 Å². The molecule has 1 rings (SSSR count). The van der Waals surface area contributed by atoms with E-state index < -0.39 is 0 Å². The zero-order valence-electron chi connectivity index (χ0n) is 12.8. The zero-order chi connectivity index (χ0) is 15.1. The van der Waals surface area contributed by atoms with Crippen LogP contribution in [0, 0.1) is 0 Å². The van der Waals surface area contributed by atoms with Gasteiger partial charge < -0.3 is 14.8 Å². The van der Waals surface area contributed by atoms with E-state index in [9.17, 15) is 0 Å². The Bertz CT molecular complexity index is 458. The molecule has 0 atom stereocenters.